The largest absolute Gasteiger partial charge is 0.492 e. The highest BCUT2D eigenvalue weighted by Gasteiger charge is 2.17. The van der Waals surface area contributed by atoms with Crippen LogP contribution in [0.15, 0.2) is 48.5 Å². The highest BCUT2D eigenvalue weighted by molar-refractivity contribution is 5.81. The minimum Gasteiger partial charge on any atom is -0.492 e. The minimum absolute atomic E-state index is 0.120. The average molecular weight is 327 g/mol. The molecule has 2 aromatic carbocycles. The molecule has 0 bridgehead atoms. The molecule has 1 unspecified atom stereocenters. The number of hydrogen-bond donors (Lipinski definition) is 1. The maximum Gasteiger partial charge on any atom is 0.261 e. The molecule has 4 heteroatoms. The van der Waals surface area contributed by atoms with Crippen molar-refractivity contribution in [2.24, 2.45) is 0 Å². The van der Waals surface area contributed by atoms with Gasteiger partial charge in [0.05, 0.1) is 6.54 Å². The third-order valence-corrected chi connectivity index (χ3v) is 3.65. The fourth-order valence-electron chi connectivity index (χ4n) is 2.19. The van der Waals surface area contributed by atoms with E-state index in [1.165, 1.54) is 5.56 Å². The molecule has 0 saturated heterocycles. The number of rotatable bonds is 8. The molecule has 0 fully saturated rings. The number of carbonyl (C=O) groups excluding carboxylic acids is 1. The molecular weight excluding hydrogens is 302 g/mol. The molecule has 1 N–H and O–H groups in total. The van der Waals surface area contributed by atoms with Crippen molar-refractivity contribution >= 4 is 5.91 Å². The Morgan fingerprint density at radius 2 is 1.50 bits per heavy atom. The second-order valence-electron chi connectivity index (χ2n) is 5.78. The number of hydrogen-bond acceptors (Lipinski definition) is 3. The summed E-state index contributed by atoms with van der Waals surface area (Å²) in [6.07, 6.45) is 0.116. The van der Waals surface area contributed by atoms with Gasteiger partial charge in [0.25, 0.3) is 5.91 Å². The van der Waals surface area contributed by atoms with Crippen molar-refractivity contribution in [3.05, 3.63) is 59.7 Å². The van der Waals surface area contributed by atoms with Gasteiger partial charge in [-0.1, -0.05) is 42.3 Å². The number of amides is 1. The van der Waals surface area contributed by atoms with Gasteiger partial charge in [0.1, 0.15) is 18.1 Å². The molecule has 0 aliphatic rings. The number of nitrogens with one attached hydrogen (secondary N) is 1. The fraction of sp³-hybridized carbons (Fsp3) is 0.350. The van der Waals surface area contributed by atoms with Gasteiger partial charge in [-0.25, -0.2) is 0 Å². The highest BCUT2D eigenvalue weighted by Crippen LogP contribution is 2.15. The SMILES string of the molecule is CCC(Oc1ccc(C)cc1)C(=O)NCCOc1ccc(C)cc1. The summed E-state index contributed by atoms with van der Waals surface area (Å²) in [5, 5.41) is 2.86. The van der Waals surface area contributed by atoms with E-state index in [0.29, 0.717) is 25.3 Å². The van der Waals surface area contributed by atoms with Gasteiger partial charge in [0, 0.05) is 0 Å². The van der Waals surface area contributed by atoms with Gasteiger partial charge in [-0.15, -0.1) is 0 Å². The third kappa shape index (κ3) is 5.61. The Balaban J connectivity index is 1.75. The van der Waals surface area contributed by atoms with Crippen molar-refractivity contribution in [1.29, 1.82) is 0 Å². The van der Waals surface area contributed by atoms with Crippen molar-refractivity contribution in [2.75, 3.05) is 13.2 Å². The maximum atomic E-state index is 12.2. The van der Waals surface area contributed by atoms with Crippen LogP contribution in [0.1, 0.15) is 24.5 Å². The standard InChI is InChI=1S/C20H25NO3/c1-4-19(24-18-11-7-16(3)8-12-18)20(22)21-13-14-23-17-9-5-15(2)6-10-17/h5-12,19H,4,13-14H2,1-3H3,(H,21,22). The van der Waals surface area contributed by atoms with Crippen LogP contribution >= 0.6 is 0 Å². The van der Waals surface area contributed by atoms with Crippen LogP contribution in [0.25, 0.3) is 0 Å². The molecule has 2 aromatic rings. The molecule has 24 heavy (non-hydrogen) atoms. The van der Waals surface area contributed by atoms with Crippen molar-refractivity contribution in [2.45, 2.75) is 33.3 Å². The zero-order valence-electron chi connectivity index (χ0n) is 14.5. The Morgan fingerprint density at radius 3 is 2.04 bits per heavy atom. The number of ether oxygens (including phenoxy) is 2. The first-order valence-electron chi connectivity index (χ1n) is 8.29. The van der Waals surface area contributed by atoms with Crippen molar-refractivity contribution in [3.63, 3.8) is 0 Å². The zero-order chi connectivity index (χ0) is 17.4. The monoisotopic (exact) mass is 327 g/mol. The number of carbonyl (C=O) groups is 1. The Morgan fingerprint density at radius 1 is 0.958 bits per heavy atom. The van der Waals surface area contributed by atoms with Crippen LogP contribution in [0.3, 0.4) is 0 Å². The fourth-order valence-corrected chi connectivity index (χ4v) is 2.19. The lowest BCUT2D eigenvalue weighted by molar-refractivity contribution is -0.128. The smallest absolute Gasteiger partial charge is 0.261 e. The predicted octanol–water partition coefficient (Wildman–Crippen LogP) is 3.66. The summed E-state index contributed by atoms with van der Waals surface area (Å²) in [6, 6.07) is 15.5. The van der Waals surface area contributed by atoms with Gasteiger partial charge >= 0.3 is 0 Å². The van der Waals surface area contributed by atoms with Gasteiger partial charge in [0.2, 0.25) is 0 Å². The molecule has 2 rings (SSSR count). The second kappa shape index (κ2) is 8.96. The predicted molar refractivity (Wildman–Crippen MR) is 95.6 cm³/mol. The van der Waals surface area contributed by atoms with Gasteiger partial charge in [-0.2, -0.15) is 0 Å². The molecule has 4 nitrogen and oxygen atoms in total. The average Bonchev–Trinajstić information content (AvgIpc) is 2.59. The van der Waals surface area contributed by atoms with E-state index < -0.39 is 6.10 Å². The van der Waals surface area contributed by atoms with Gasteiger partial charge in [-0.3, -0.25) is 4.79 Å². The Labute approximate surface area is 143 Å². The molecule has 1 amide bonds. The van der Waals surface area contributed by atoms with E-state index in [1.54, 1.807) is 0 Å². The summed E-state index contributed by atoms with van der Waals surface area (Å²) >= 11 is 0. The van der Waals surface area contributed by atoms with E-state index >= 15 is 0 Å². The summed E-state index contributed by atoms with van der Waals surface area (Å²) < 4.78 is 11.4. The lowest BCUT2D eigenvalue weighted by Crippen LogP contribution is -2.39. The molecule has 128 valence electrons. The van der Waals surface area contributed by atoms with Crippen LogP contribution in [0.4, 0.5) is 0 Å². The van der Waals surface area contributed by atoms with E-state index in [4.69, 9.17) is 9.47 Å². The Kier molecular flexibility index (Phi) is 6.67. The molecule has 0 aliphatic carbocycles. The van der Waals surface area contributed by atoms with E-state index in [1.807, 2.05) is 69.3 Å². The van der Waals surface area contributed by atoms with E-state index in [2.05, 4.69) is 5.32 Å². The second-order valence-corrected chi connectivity index (χ2v) is 5.78. The van der Waals surface area contributed by atoms with E-state index in [9.17, 15) is 4.79 Å². The molecule has 0 radical (unpaired) electrons. The summed E-state index contributed by atoms with van der Waals surface area (Å²) in [7, 11) is 0. The maximum absolute atomic E-state index is 12.2. The first-order valence-corrected chi connectivity index (χ1v) is 8.29. The molecule has 1 atom stereocenters. The van der Waals surface area contributed by atoms with Crippen molar-refractivity contribution < 1.29 is 14.3 Å². The Bertz CT molecular complexity index is 635. The van der Waals surface area contributed by atoms with Crippen LogP contribution in [0.5, 0.6) is 11.5 Å². The first-order chi connectivity index (χ1) is 11.6. The molecule has 0 aromatic heterocycles. The van der Waals surface area contributed by atoms with Crippen LogP contribution in [0.2, 0.25) is 0 Å². The normalized spacial score (nSPS) is 11.6. The van der Waals surface area contributed by atoms with Crippen molar-refractivity contribution in [3.8, 4) is 11.5 Å². The molecule has 0 spiro atoms. The summed E-state index contributed by atoms with van der Waals surface area (Å²) in [6.45, 7) is 6.85. The number of aryl methyl sites for hydroxylation is 2. The lowest BCUT2D eigenvalue weighted by atomic mass is 10.2. The third-order valence-electron chi connectivity index (χ3n) is 3.65. The van der Waals surface area contributed by atoms with Crippen LogP contribution in [-0.4, -0.2) is 25.2 Å². The van der Waals surface area contributed by atoms with Crippen LogP contribution in [-0.2, 0) is 4.79 Å². The molecule has 0 heterocycles. The Hall–Kier alpha value is -2.49. The minimum atomic E-state index is -0.493. The van der Waals surface area contributed by atoms with Gasteiger partial charge in [0.15, 0.2) is 6.10 Å². The zero-order valence-corrected chi connectivity index (χ0v) is 14.5. The number of benzene rings is 2. The first kappa shape index (κ1) is 17.9. The van der Waals surface area contributed by atoms with Gasteiger partial charge in [-0.05, 0) is 44.5 Å². The van der Waals surface area contributed by atoms with Crippen molar-refractivity contribution in [1.82, 2.24) is 5.32 Å². The topological polar surface area (TPSA) is 47.6 Å². The summed E-state index contributed by atoms with van der Waals surface area (Å²) in [4.78, 5) is 12.2. The molecular formula is C20H25NO3. The highest BCUT2D eigenvalue weighted by atomic mass is 16.5. The summed E-state index contributed by atoms with van der Waals surface area (Å²) in [5.74, 6) is 1.39. The van der Waals surface area contributed by atoms with Gasteiger partial charge < -0.3 is 14.8 Å². The van der Waals surface area contributed by atoms with E-state index in [0.717, 1.165) is 11.3 Å². The quantitative estimate of drug-likeness (QED) is 0.753. The molecule has 0 saturated carbocycles. The van der Waals surface area contributed by atoms with E-state index in [-0.39, 0.29) is 5.91 Å². The van der Waals surface area contributed by atoms with Crippen LogP contribution < -0.4 is 14.8 Å². The molecule has 0 aliphatic heterocycles. The summed E-state index contributed by atoms with van der Waals surface area (Å²) in [5.41, 5.74) is 2.35. The van der Waals surface area contributed by atoms with Crippen LogP contribution in [0, 0.1) is 13.8 Å². The lowest BCUT2D eigenvalue weighted by Gasteiger charge is -2.17.